The van der Waals surface area contributed by atoms with E-state index in [1.165, 1.54) is 30.5 Å². The van der Waals surface area contributed by atoms with Gasteiger partial charge in [-0.2, -0.15) is 0 Å². The number of furan rings is 1. The standard InChI is InChI=1S/C19H15BrF2O4/c1-2-24-17(23)9-11-7-13(21)3-4-16(11)26-10-12-8-15(20)19-14(18(12)22)5-6-25-19/h3-8H,2,9-10H2,1H3. The molecule has 26 heavy (non-hydrogen) atoms. The lowest BCUT2D eigenvalue weighted by Gasteiger charge is -2.12. The Morgan fingerprint density at radius 3 is 2.77 bits per heavy atom. The normalized spacial score (nSPS) is 10.9. The van der Waals surface area contributed by atoms with Gasteiger partial charge in [0.15, 0.2) is 5.58 Å². The molecule has 0 aliphatic carbocycles. The molecule has 7 heteroatoms. The summed E-state index contributed by atoms with van der Waals surface area (Å²) in [5, 5.41) is 0.337. The minimum atomic E-state index is -0.495. The fraction of sp³-hybridized carbons (Fsp3) is 0.211. The number of carbonyl (C=O) groups excluding carboxylic acids is 1. The Hall–Kier alpha value is -2.41. The van der Waals surface area contributed by atoms with Gasteiger partial charge < -0.3 is 13.9 Å². The van der Waals surface area contributed by atoms with Crippen molar-refractivity contribution >= 4 is 32.9 Å². The van der Waals surface area contributed by atoms with Crippen LogP contribution < -0.4 is 4.74 Å². The van der Waals surface area contributed by atoms with Crippen LogP contribution in [0.5, 0.6) is 5.75 Å². The van der Waals surface area contributed by atoms with Crippen LogP contribution in [0.4, 0.5) is 8.78 Å². The SMILES string of the molecule is CCOC(=O)Cc1cc(F)ccc1OCc1cc(Br)c2occc2c1F. The molecule has 0 N–H and O–H groups in total. The molecule has 3 aromatic rings. The smallest absolute Gasteiger partial charge is 0.310 e. The molecule has 0 radical (unpaired) electrons. The lowest BCUT2D eigenvalue weighted by Crippen LogP contribution is -2.09. The number of ether oxygens (including phenoxy) is 2. The summed E-state index contributed by atoms with van der Waals surface area (Å²) >= 11 is 3.33. The van der Waals surface area contributed by atoms with E-state index < -0.39 is 17.6 Å². The molecule has 1 heterocycles. The lowest BCUT2D eigenvalue weighted by atomic mass is 10.1. The third kappa shape index (κ3) is 3.88. The van der Waals surface area contributed by atoms with Gasteiger partial charge in [0.1, 0.15) is 24.0 Å². The molecule has 4 nitrogen and oxygen atoms in total. The van der Waals surface area contributed by atoms with Crippen LogP contribution in [0.15, 0.2) is 45.5 Å². The van der Waals surface area contributed by atoms with E-state index >= 15 is 0 Å². The summed E-state index contributed by atoms with van der Waals surface area (Å²) in [5.41, 5.74) is 1.06. The zero-order chi connectivity index (χ0) is 18.7. The number of carbonyl (C=O) groups is 1. The van der Waals surface area contributed by atoms with Gasteiger partial charge in [-0.1, -0.05) is 0 Å². The average Bonchev–Trinajstić information content (AvgIpc) is 3.09. The van der Waals surface area contributed by atoms with E-state index in [0.29, 0.717) is 32.3 Å². The summed E-state index contributed by atoms with van der Waals surface area (Å²) in [5.74, 6) is -1.14. The van der Waals surface area contributed by atoms with Crippen LogP contribution in [-0.2, 0) is 22.6 Å². The van der Waals surface area contributed by atoms with Gasteiger partial charge in [0.05, 0.1) is 29.1 Å². The zero-order valence-corrected chi connectivity index (χ0v) is 15.4. The Morgan fingerprint density at radius 2 is 2.00 bits per heavy atom. The molecule has 1 aromatic heterocycles. The van der Waals surface area contributed by atoms with Crippen LogP contribution in [0.3, 0.4) is 0 Å². The van der Waals surface area contributed by atoms with Crippen molar-refractivity contribution in [2.24, 2.45) is 0 Å². The quantitative estimate of drug-likeness (QED) is 0.512. The van der Waals surface area contributed by atoms with Crippen molar-refractivity contribution in [3.8, 4) is 5.75 Å². The fourth-order valence-electron chi connectivity index (χ4n) is 2.58. The highest BCUT2D eigenvalue weighted by atomic mass is 79.9. The third-order valence-electron chi connectivity index (χ3n) is 3.75. The van der Waals surface area contributed by atoms with Crippen LogP contribution in [0.2, 0.25) is 0 Å². The molecule has 0 unspecified atom stereocenters. The molecule has 0 aliphatic rings. The predicted molar refractivity (Wildman–Crippen MR) is 94.9 cm³/mol. The molecule has 0 bridgehead atoms. The van der Waals surface area contributed by atoms with Crippen LogP contribution in [0.25, 0.3) is 11.0 Å². The molecule has 0 saturated carbocycles. The second-order valence-corrected chi connectivity index (χ2v) is 6.37. The minimum absolute atomic E-state index is 0.0903. The number of esters is 1. The first-order valence-corrected chi connectivity index (χ1v) is 8.69. The number of rotatable bonds is 6. The Labute approximate surface area is 156 Å². The van der Waals surface area contributed by atoms with Gasteiger partial charge in [-0.05, 0) is 53.2 Å². The maximum atomic E-state index is 14.6. The molecule has 0 amide bonds. The van der Waals surface area contributed by atoms with E-state index in [9.17, 15) is 13.6 Å². The van der Waals surface area contributed by atoms with Crippen LogP contribution in [-0.4, -0.2) is 12.6 Å². The molecule has 0 spiro atoms. The molecule has 0 aliphatic heterocycles. The molecule has 0 fully saturated rings. The van der Waals surface area contributed by atoms with E-state index in [2.05, 4.69) is 15.9 Å². The zero-order valence-electron chi connectivity index (χ0n) is 13.9. The summed E-state index contributed by atoms with van der Waals surface area (Å²) in [6.45, 7) is 1.83. The van der Waals surface area contributed by atoms with Crippen molar-refractivity contribution < 1.29 is 27.5 Å². The number of fused-ring (bicyclic) bond motifs is 1. The maximum absolute atomic E-state index is 14.6. The monoisotopic (exact) mass is 424 g/mol. The Balaban J connectivity index is 1.84. The first kappa shape index (κ1) is 18.4. The first-order chi connectivity index (χ1) is 12.5. The van der Waals surface area contributed by atoms with E-state index in [-0.39, 0.29) is 19.6 Å². The van der Waals surface area contributed by atoms with E-state index in [1.807, 2.05) is 0 Å². The van der Waals surface area contributed by atoms with Gasteiger partial charge in [-0.3, -0.25) is 4.79 Å². The van der Waals surface area contributed by atoms with Crippen molar-refractivity contribution in [1.29, 1.82) is 0 Å². The highest BCUT2D eigenvalue weighted by Crippen LogP contribution is 2.31. The Morgan fingerprint density at radius 1 is 1.19 bits per heavy atom. The summed E-state index contributed by atoms with van der Waals surface area (Å²) in [6, 6.07) is 6.93. The lowest BCUT2D eigenvalue weighted by molar-refractivity contribution is -0.142. The van der Waals surface area contributed by atoms with Gasteiger partial charge in [-0.15, -0.1) is 0 Å². The van der Waals surface area contributed by atoms with Gasteiger partial charge in [0.2, 0.25) is 0 Å². The number of halogens is 3. The molecule has 2 aromatic carbocycles. The predicted octanol–water partition coefficient (Wildman–Crippen LogP) is 5.16. The van der Waals surface area contributed by atoms with Crippen molar-refractivity contribution in [2.75, 3.05) is 6.61 Å². The topological polar surface area (TPSA) is 48.7 Å². The summed E-state index contributed by atoms with van der Waals surface area (Å²) in [6.07, 6.45) is 1.27. The van der Waals surface area contributed by atoms with E-state index in [1.54, 1.807) is 13.0 Å². The molecule has 3 rings (SSSR count). The Kier molecular flexibility index (Phi) is 5.56. The Bertz CT molecular complexity index is 952. The average molecular weight is 425 g/mol. The van der Waals surface area contributed by atoms with Gasteiger partial charge >= 0.3 is 5.97 Å². The molecular weight excluding hydrogens is 410 g/mol. The molecular formula is C19H15BrF2O4. The maximum Gasteiger partial charge on any atom is 0.310 e. The van der Waals surface area contributed by atoms with Crippen molar-refractivity contribution in [3.05, 3.63) is 63.8 Å². The van der Waals surface area contributed by atoms with Crippen LogP contribution in [0.1, 0.15) is 18.1 Å². The molecule has 0 saturated heterocycles. The third-order valence-corrected chi connectivity index (χ3v) is 4.34. The minimum Gasteiger partial charge on any atom is -0.488 e. The second kappa shape index (κ2) is 7.86. The molecule has 0 atom stereocenters. The highest BCUT2D eigenvalue weighted by molar-refractivity contribution is 9.10. The van der Waals surface area contributed by atoms with Gasteiger partial charge in [0, 0.05) is 11.1 Å². The van der Waals surface area contributed by atoms with Crippen molar-refractivity contribution in [1.82, 2.24) is 0 Å². The van der Waals surface area contributed by atoms with Crippen molar-refractivity contribution in [3.63, 3.8) is 0 Å². The number of hydrogen-bond acceptors (Lipinski definition) is 4. The number of hydrogen-bond donors (Lipinski definition) is 0. The van der Waals surface area contributed by atoms with E-state index in [0.717, 1.165) is 0 Å². The van der Waals surface area contributed by atoms with Gasteiger partial charge in [0.25, 0.3) is 0 Å². The highest BCUT2D eigenvalue weighted by Gasteiger charge is 2.16. The van der Waals surface area contributed by atoms with E-state index in [4.69, 9.17) is 13.9 Å². The fourth-order valence-corrected chi connectivity index (χ4v) is 3.16. The largest absolute Gasteiger partial charge is 0.488 e. The summed E-state index contributed by atoms with van der Waals surface area (Å²) < 4.78 is 44.4. The second-order valence-electron chi connectivity index (χ2n) is 5.52. The number of benzene rings is 2. The summed E-state index contributed by atoms with van der Waals surface area (Å²) in [4.78, 5) is 11.7. The van der Waals surface area contributed by atoms with Gasteiger partial charge in [-0.25, -0.2) is 8.78 Å². The van der Waals surface area contributed by atoms with Crippen molar-refractivity contribution in [2.45, 2.75) is 20.0 Å². The first-order valence-electron chi connectivity index (χ1n) is 7.90. The molecule has 136 valence electrons. The van der Waals surface area contributed by atoms with Crippen LogP contribution in [0, 0.1) is 11.6 Å². The summed E-state index contributed by atoms with van der Waals surface area (Å²) in [7, 11) is 0. The van der Waals surface area contributed by atoms with Crippen LogP contribution >= 0.6 is 15.9 Å².